The van der Waals surface area contributed by atoms with Crippen molar-refractivity contribution in [2.24, 2.45) is 9.98 Å². The predicted molar refractivity (Wildman–Crippen MR) is 93.6 cm³/mol. The molecule has 0 aliphatic rings. The molecule has 0 fully saturated rings. The first-order valence-corrected chi connectivity index (χ1v) is 7.44. The van der Waals surface area contributed by atoms with Crippen molar-refractivity contribution in [3.05, 3.63) is 53.1 Å². The van der Waals surface area contributed by atoms with E-state index in [1.165, 1.54) is 7.11 Å². The molecule has 7 heteroatoms. The molecular formula is C18H20CuN2O4. The average molecular weight is 392 g/mol. The quantitative estimate of drug-likeness (QED) is 0.383. The third-order valence-electron chi connectivity index (χ3n) is 3.39. The van der Waals surface area contributed by atoms with Crippen LogP contribution in [0.25, 0.3) is 0 Å². The summed E-state index contributed by atoms with van der Waals surface area (Å²) >= 11 is 0. The number of para-hydroxylation sites is 2. The third-order valence-corrected chi connectivity index (χ3v) is 3.39. The monoisotopic (exact) mass is 391 g/mol. The SMILES string of the molecule is COc1cccc(C=NCCN=Cc2cccc(CO)c2O)c1O.[Cu]. The summed E-state index contributed by atoms with van der Waals surface area (Å²) in [7, 11) is 1.49. The summed E-state index contributed by atoms with van der Waals surface area (Å²) in [6, 6.07) is 10.3. The number of phenols is 2. The van der Waals surface area contributed by atoms with Crippen LogP contribution >= 0.6 is 0 Å². The number of hydrogen-bond acceptors (Lipinski definition) is 6. The van der Waals surface area contributed by atoms with E-state index in [1.54, 1.807) is 48.8 Å². The number of nitrogens with zero attached hydrogens (tertiary/aromatic N) is 2. The van der Waals surface area contributed by atoms with Crippen molar-refractivity contribution in [1.29, 1.82) is 0 Å². The van der Waals surface area contributed by atoms with Gasteiger partial charge in [-0.25, -0.2) is 0 Å². The molecule has 0 bridgehead atoms. The number of benzene rings is 2. The van der Waals surface area contributed by atoms with Crippen LogP contribution in [0.5, 0.6) is 17.2 Å². The molecule has 2 aromatic carbocycles. The largest absolute Gasteiger partial charge is 0.507 e. The van der Waals surface area contributed by atoms with Crippen LogP contribution in [0.15, 0.2) is 46.4 Å². The summed E-state index contributed by atoms with van der Waals surface area (Å²) in [5, 5.41) is 28.9. The van der Waals surface area contributed by atoms with E-state index >= 15 is 0 Å². The topological polar surface area (TPSA) is 94.6 Å². The van der Waals surface area contributed by atoms with E-state index in [1.807, 2.05) is 0 Å². The Morgan fingerprint density at radius 2 is 1.48 bits per heavy atom. The molecule has 6 nitrogen and oxygen atoms in total. The normalized spacial score (nSPS) is 11.0. The zero-order valence-electron chi connectivity index (χ0n) is 13.7. The van der Waals surface area contributed by atoms with E-state index in [4.69, 9.17) is 9.84 Å². The zero-order valence-corrected chi connectivity index (χ0v) is 14.6. The summed E-state index contributed by atoms with van der Waals surface area (Å²) < 4.78 is 5.03. The minimum atomic E-state index is -0.220. The second-order valence-electron chi connectivity index (χ2n) is 4.98. The molecule has 1 radical (unpaired) electrons. The van der Waals surface area contributed by atoms with Gasteiger partial charge in [-0.3, -0.25) is 9.98 Å². The fourth-order valence-electron chi connectivity index (χ4n) is 2.09. The first-order chi connectivity index (χ1) is 11.7. The van der Waals surface area contributed by atoms with Crippen molar-refractivity contribution in [2.75, 3.05) is 20.2 Å². The first-order valence-electron chi connectivity index (χ1n) is 7.44. The molecule has 0 aromatic heterocycles. The van der Waals surface area contributed by atoms with Gasteiger partial charge in [0.15, 0.2) is 11.5 Å². The number of aromatic hydroxyl groups is 2. The van der Waals surface area contributed by atoms with Crippen LogP contribution in [0.1, 0.15) is 16.7 Å². The summed E-state index contributed by atoms with van der Waals surface area (Å²) in [4.78, 5) is 8.41. The van der Waals surface area contributed by atoms with Gasteiger partial charge in [-0.1, -0.05) is 18.2 Å². The van der Waals surface area contributed by atoms with Gasteiger partial charge in [0.1, 0.15) is 5.75 Å². The van der Waals surface area contributed by atoms with Crippen molar-refractivity contribution in [3.63, 3.8) is 0 Å². The van der Waals surface area contributed by atoms with Crippen LogP contribution in [0.4, 0.5) is 0 Å². The Kier molecular flexibility index (Phi) is 8.70. The molecule has 2 rings (SSSR count). The van der Waals surface area contributed by atoms with Crippen LogP contribution < -0.4 is 4.74 Å². The van der Waals surface area contributed by atoms with E-state index in [9.17, 15) is 10.2 Å². The summed E-state index contributed by atoms with van der Waals surface area (Å²) in [6.45, 7) is 0.652. The Labute approximate surface area is 157 Å². The molecule has 0 heterocycles. The third kappa shape index (κ3) is 5.60. The minimum Gasteiger partial charge on any atom is -0.507 e. The molecule has 0 saturated carbocycles. The van der Waals surface area contributed by atoms with Crippen LogP contribution in [-0.2, 0) is 23.7 Å². The van der Waals surface area contributed by atoms with Crippen molar-refractivity contribution < 1.29 is 37.1 Å². The van der Waals surface area contributed by atoms with Gasteiger partial charge in [0, 0.05) is 46.2 Å². The summed E-state index contributed by atoms with van der Waals surface area (Å²) in [5.41, 5.74) is 1.59. The van der Waals surface area contributed by atoms with Gasteiger partial charge in [-0.05, 0) is 18.2 Å². The van der Waals surface area contributed by atoms with E-state index in [0.717, 1.165) is 0 Å². The molecule has 0 unspecified atom stereocenters. The van der Waals surface area contributed by atoms with Crippen LogP contribution in [0, 0.1) is 0 Å². The number of rotatable bonds is 7. The van der Waals surface area contributed by atoms with Gasteiger partial charge in [0.2, 0.25) is 0 Å². The molecule has 0 amide bonds. The number of ether oxygens (including phenoxy) is 1. The van der Waals surface area contributed by atoms with E-state index in [0.29, 0.717) is 35.5 Å². The standard InChI is InChI=1S/C18H20N2O4.Cu/c1-24-16-7-3-5-14(18(16)23)11-20-9-8-19-10-13-4-2-6-15(12-21)17(13)22;/h2-7,10-11,21-23H,8-9,12H2,1H3;. The summed E-state index contributed by atoms with van der Waals surface area (Å²) in [6.07, 6.45) is 3.12. The second-order valence-corrected chi connectivity index (χ2v) is 4.98. The first kappa shape index (κ1) is 20.7. The Bertz CT molecular complexity index is 684. The number of aliphatic hydroxyl groups is 1. The number of aliphatic hydroxyl groups excluding tert-OH is 1. The van der Waals surface area contributed by atoms with E-state index in [2.05, 4.69) is 9.98 Å². The maximum atomic E-state index is 9.93. The van der Waals surface area contributed by atoms with Gasteiger partial charge in [0.05, 0.1) is 26.8 Å². The summed E-state index contributed by atoms with van der Waals surface area (Å²) in [5.74, 6) is 0.489. The Balaban J connectivity index is 0.00000312. The number of phenolic OH excluding ortho intramolecular Hbond substituents is 1. The second kappa shape index (κ2) is 10.5. The molecule has 3 N–H and O–H groups in total. The van der Waals surface area contributed by atoms with Gasteiger partial charge in [0.25, 0.3) is 0 Å². The Morgan fingerprint density at radius 3 is 2.04 bits per heavy atom. The fourth-order valence-corrected chi connectivity index (χ4v) is 2.09. The smallest absolute Gasteiger partial charge is 0.166 e. The zero-order chi connectivity index (χ0) is 17.4. The minimum absolute atomic E-state index is 0. The van der Waals surface area contributed by atoms with Crippen LogP contribution in [-0.4, -0.2) is 47.9 Å². The molecule has 2 aromatic rings. The number of hydrogen-bond donors (Lipinski definition) is 3. The predicted octanol–water partition coefficient (Wildman–Crippen LogP) is 2.13. The van der Waals surface area contributed by atoms with Crippen molar-refractivity contribution in [2.45, 2.75) is 6.61 Å². The Hall–Kier alpha value is -2.34. The molecule has 0 spiro atoms. The molecule has 137 valence electrons. The van der Waals surface area contributed by atoms with Crippen molar-refractivity contribution in [1.82, 2.24) is 0 Å². The maximum Gasteiger partial charge on any atom is 0.166 e. The molecule has 0 aliphatic heterocycles. The molecule has 0 aliphatic carbocycles. The van der Waals surface area contributed by atoms with Gasteiger partial charge >= 0.3 is 0 Å². The molecule has 25 heavy (non-hydrogen) atoms. The maximum absolute atomic E-state index is 9.93. The molecule has 0 atom stereocenters. The van der Waals surface area contributed by atoms with E-state index < -0.39 is 0 Å². The average Bonchev–Trinajstić information content (AvgIpc) is 2.60. The van der Waals surface area contributed by atoms with Gasteiger partial charge in [-0.2, -0.15) is 0 Å². The molecule has 0 saturated heterocycles. The molecular weight excluding hydrogens is 372 g/mol. The van der Waals surface area contributed by atoms with Crippen molar-refractivity contribution >= 4 is 12.4 Å². The fraction of sp³-hybridized carbons (Fsp3) is 0.222. The Morgan fingerprint density at radius 1 is 0.920 bits per heavy atom. The van der Waals surface area contributed by atoms with Crippen LogP contribution in [0.2, 0.25) is 0 Å². The van der Waals surface area contributed by atoms with E-state index in [-0.39, 0.29) is 35.2 Å². The van der Waals surface area contributed by atoms with Gasteiger partial charge in [-0.15, -0.1) is 0 Å². The van der Waals surface area contributed by atoms with Crippen LogP contribution in [0.3, 0.4) is 0 Å². The number of aliphatic imine (C=N–C) groups is 2. The number of methoxy groups -OCH3 is 1. The van der Waals surface area contributed by atoms with Gasteiger partial charge < -0.3 is 20.1 Å². The van der Waals surface area contributed by atoms with Crippen molar-refractivity contribution in [3.8, 4) is 17.2 Å².